The molecule has 0 atom stereocenters. The Kier molecular flexibility index (Phi) is 3.12. The number of nitrogens with two attached hydrogens (primary N) is 1. The van der Waals surface area contributed by atoms with Gasteiger partial charge < -0.3 is 16.4 Å². The Bertz CT molecular complexity index is 485. The van der Waals surface area contributed by atoms with E-state index in [4.69, 9.17) is 5.73 Å². The number of amides is 1. The van der Waals surface area contributed by atoms with Crippen LogP contribution >= 0.6 is 11.5 Å². The summed E-state index contributed by atoms with van der Waals surface area (Å²) in [6.07, 6.45) is 6.78. The Morgan fingerprint density at radius 3 is 2.79 bits per heavy atom. The molecule has 1 aromatic rings. The van der Waals surface area contributed by atoms with Gasteiger partial charge in [0.15, 0.2) is 5.82 Å². The molecule has 6 heteroatoms. The summed E-state index contributed by atoms with van der Waals surface area (Å²) in [4.78, 5) is 12.2. The molecule has 2 aliphatic rings. The Hall–Kier alpha value is -1.30. The predicted octanol–water partition coefficient (Wildman–Crippen LogP) is 2.36. The van der Waals surface area contributed by atoms with Gasteiger partial charge in [0.25, 0.3) is 5.91 Å². The van der Waals surface area contributed by atoms with E-state index in [1.807, 2.05) is 0 Å². The molecule has 1 heterocycles. The van der Waals surface area contributed by atoms with Crippen molar-refractivity contribution in [3.05, 3.63) is 5.56 Å². The summed E-state index contributed by atoms with van der Waals surface area (Å²) in [5.41, 5.74) is 6.54. The van der Waals surface area contributed by atoms with Gasteiger partial charge in [0.05, 0.1) is 0 Å². The lowest BCUT2D eigenvalue weighted by atomic mass is 9.75. The van der Waals surface area contributed by atoms with Crippen LogP contribution in [0.5, 0.6) is 0 Å². The lowest BCUT2D eigenvalue weighted by Gasteiger charge is -2.42. The summed E-state index contributed by atoms with van der Waals surface area (Å²) >= 11 is 1.30. The molecule has 0 radical (unpaired) electrons. The third-order valence-corrected chi connectivity index (χ3v) is 5.00. The Morgan fingerprint density at radius 2 is 2.26 bits per heavy atom. The summed E-state index contributed by atoms with van der Waals surface area (Å²) in [5.74, 6) is 0.262. The van der Waals surface area contributed by atoms with Gasteiger partial charge in [0, 0.05) is 11.6 Å². The molecule has 104 valence electrons. The number of rotatable bonds is 5. The largest absolute Gasteiger partial charge is 0.382 e. The van der Waals surface area contributed by atoms with Crippen LogP contribution in [0.2, 0.25) is 0 Å². The standard InChI is InChI=1S/C13H20N4OS/c1-2-13(6-3-7-13)16-12-9(10(14)17-19-12)11(18)15-8-4-5-8/h8,16H,2-7H2,1H3,(H2,14,17)(H,15,18). The molecule has 19 heavy (non-hydrogen) atoms. The number of anilines is 2. The van der Waals surface area contributed by atoms with Gasteiger partial charge >= 0.3 is 0 Å². The van der Waals surface area contributed by atoms with Crippen molar-refractivity contribution in [1.82, 2.24) is 9.69 Å². The predicted molar refractivity (Wildman–Crippen MR) is 77.5 cm³/mol. The summed E-state index contributed by atoms with van der Waals surface area (Å²) in [5, 5.41) is 7.34. The number of carbonyl (C=O) groups excluding carboxylic acids is 1. The molecular formula is C13H20N4OS. The van der Waals surface area contributed by atoms with Gasteiger partial charge in [-0.2, -0.15) is 4.37 Å². The van der Waals surface area contributed by atoms with E-state index in [1.54, 1.807) is 0 Å². The fraction of sp³-hybridized carbons (Fsp3) is 0.692. The van der Waals surface area contributed by atoms with E-state index in [9.17, 15) is 4.79 Å². The first-order valence-corrected chi connectivity index (χ1v) is 7.75. The van der Waals surface area contributed by atoms with Crippen molar-refractivity contribution in [2.45, 2.75) is 57.0 Å². The van der Waals surface area contributed by atoms with Crippen LogP contribution < -0.4 is 16.4 Å². The molecule has 5 nitrogen and oxygen atoms in total. The second-order valence-electron chi connectivity index (χ2n) is 5.63. The smallest absolute Gasteiger partial charge is 0.258 e. The van der Waals surface area contributed by atoms with Gasteiger partial charge in [0.2, 0.25) is 0 Å². The van der Waals surface area contributed by atoms with Crippen LogP contribution in [-0.4, -0.2) is 21.9 Å². The average molecular weight is 280 g/mol. The molecule has 1 aromatic heterocycles. The highest BCUT2D eigenvalue weighted by atomic mass is 32.1. The SMILES string of the molecule is CCC1(Nc2snc(N)c2C(=O)NC2CC2)CCC1. The van der Waals surface area contributed by atoms with Gasteiger partial charge in [-0.15, -0.1) is 0 Å². The van der Waals surface area contributed by atoms with E-state index in [-0.39, 0.29) is 11.4 Å². The van der Waals surface area contributed by atoms with Crippen LogP contribution in [0.4, 0.5) is 10.8 Å². The first-order chi connectivity index (χ1) is 9.13. The monoisotopic (exact) mass is 280 g/mol. The van der Waals surface area contributed by atoms with Crippen molar-refractivity contribution in [2.24, 2.45) is 0 Å². The van der Waals surface area contributed by atoms with Crippen LogP contribution in [0.1, 0.15) is 55.8 Å². The molecule has 0 bridgehead atoms. The van der Waals surface area contributed by atoms with Crippen molar-refractivity contribution in [2.75, 3.05) is 11.1 Å². The lowest BCUT2D eigenvalue weighted by molar-refractivity contribution is 0.0952. The fourth-order valence-corrected chi connectivity index (χ4v) is 3.34. The minimum atomic E-state index is -0.0816. The molecule has 2 aliphatic carbocycles. The molecule has 4 N–H and O–H groups in total. The van der Waals surface area contributed by atoms with Crippen molar-refractivity contribution < 1.29 is 4.79 Å². The Morgan fingerprint density at radius 1 is 1.53 bits per heavy atom. The van der Waals surface area contributed by atoms with E-state index in [2.05, 4.69) is 21.9 Å². The second kappa shape index (κ2) is 4.67. The topological polar surface area (TPSA) is 80.0 Å². The van der Waals surface area contributed by atoms with Crippen molar-refractivity contribution in [1.29, 1.82) is 0 Å². The summed E-state index contributed by atoms with van der Waals surface area (Å²) in [6.45, 7) is 2.18. The highest BCUT2D eigenvalue weighted by molar-refractivity contribution is 7.11. The number of nitrogens with zero attached hydrogens (tertiary/aromatic N) is 1. The van der Waals surface area contributed by atoms with Crippen molar-refractivity contribution in [3.8, 4) is 0 Å². The number of aromatic nitrogens is 1. The van der Waals surface area contributed by atoms with Crippen LogP contribution in [0.25, 0.3) is 0 Å². The molecule has 0 aliphatic heterocycles. The average Bonchev–Trinajstić information content (AvgIpc) is 3.07. The van der Waals surface area contributed by atoms with Gasteiger partial charge in [-0.3, -0.25) is 4.79 Å². The van der Waals surface area contributed by atoms with Crippen molar-refractivity contribution in [3.63, 3.8) is 0 Å². The maximum Gasteiger partial charge on any atom is 0.258 e. The normalized spacial score (nSPS) is 20.7. The number of hydrogen-bond acceptors (Lipinski definition) is 5. The number of nitrogen functional groups attached to an aromatic ring is 1. The van der Waals surface area contributed by atoms with Crippen LogP contribution in [-0.2, 0) is 0 Å². The lowest BCUT2D eigenvalue weighted by Crippen LogP contribution is -2.44. The molecule has 0 unspecified atom stereocenters. The number of carbonyl (C=O) groups is 1. The molecule has 2 fully saturated rings. The molecule has 1 amide bonds. The maximum absolute atomic E-state index is 12.2. The van der Waals surface area contributed by atoms with E-state index in [0.29, 0.717) is 17.4 Å². The van der Waals surface area contributed by atoms with Crippen LogP contribution in [0, 0.1) is 0 Å². The summed E-state index contributed by atoms with van der Waals surface area (Å²) < 4.78 is 4.14. The zero-order valence-electron chi connectivity index (χ0n) is 11.2. The Labute approximate surface area is 117 Å². The molecule has 3 rings (SSSR count). The molecule has 0 spiro atoms. The zero-order chi connectivity index (χ0) is 13.5. The molecular weight excluding hydrogens is 260 g/mol. The van der Waals surface area contributed by atoms with E-state index in [1.165, 1.54) is 18.0 Å². The third-order valence-electron chi connectivity index (χ3n) is 4.22. The van der Waals surface area contributed by atoms with Crippen LogP contribution in [0.15, 0.2) is 0 Å². The maximum atomic E-state index is 12.2. The minimum absolute atomic E-state index is 0.0816. The number of nitrogens with one attached hydrogen (secondary N) is 2. The number of hydrogen-bond donors (Lipinski definition) is 3. The first kappa shape index (κ1) is 12.7. The van der Waals surface area contributed by atoms with Gasteiger partial charge in [-0.05, 0) is 50.1 Å². The molecule has 0 aromatic carbocycles. The zero-order valence-corrected chi connectivity index (χ0v) is 12.0. The first-order valence-electron chi connectivity index (χ1n) is 6.98. The third kappa shape index (κ3) is 2.41. The van der Waals surface area contributed by atoms with E-state index in [0.717, 1.165) is 37.1 Å². The molecule has 2 saturated carbocycles. The van der Waals surface area contributed by atoms with Gasteiger partial charge in [-0.1, -0.05) is 6.92 Å². The summed E-state index contributed by atoms with van der Waals surface area (Å²) in [6, 6.07) is 0.337. The van der Waals surface area contributed by atoms with Gasteiger partial charge in [0.1, 0.15) is 10.6 Å². The van der Waals surface area contributed by atoms with E-state index < -0.39 is 0 Å². The Balaban J connectivity index is 1.79. The minimum Gasteiger partial charge on any atom is -0.382 e. The molecule has 0 saturated heterocycles. The van der Waals surface area contributed by atoms with Crippen LogP contribution in [0.3, 0.4) is 0 Å². The summed E-state index contributed by atoms with van der Waals surface area (Å²) in [7, 11) is 0. The quantitative estimate of drug-likeness (QED) is 0.773. The highest BCUT2D eigenvalue weighted by Gasteiger charge is 2.37. The van der Waals surface area contributed by atoms with Gasteiger partial charge in [-0.25, -0.2) is 0 Å². The van der Waals surface area contributed by atoms with Crippen molar-refractivity contribution >= 4 is 28.3 Å². The highest BCUT2D eigenvalue weighted by Crippen LogP contribution is 2.40. The fourth-order valence-electron chi connectivity index (χ4n) is 2.50. The second-order valence-corrected chi connectivity index (χ2v) is 6.41. The van der Waals surface area contributed by atoms with E-state index >= 15 is 0 Å².